The SMILES string of the molecule is CC1CN(c2ncc(/C=C/C(=O)O)cn2)CC(C)O1. The molecule has 19 heavy (non-hydrogen) atoms. The van der Waals surface area contributed by atoms with Gasteiger partial charge in [0.05, 0.1) is 12.2 Å². The van der Waals surface area contributed by atoms with E-state index in [2.05, 4.69) is 14.9 Å². The predicted molar refractivity (Wildman–Crippen MR) is 70.9 cm³/mol. The van der Waals surface area contributed by atoms with Gasteiger partial charge in [0.15, 0.2) is 0 Å². The second kappa shape index (κ2) is 5.79. The van der Waals surface area contributed by atoms with E-state index in [0.29, 0.717) is 11.5 Å². The van der Waals surface area contributed by atoms with Gasteiger partial charge in [-0.2, -0.15) is 0 Å². The highest BCUT2D eigenvalue weighted by Crippen LogP contribution is 2.16. The molecule has 6 nitrogen and oxygen atoms in total. The number of aromatic nitrogens is 2. The maximum Gasteiger partial charge on any atom is 0.328 e. The molecule has 2 heterocycles. The Bertz CT molecular complexity index is 463. The molecule has 2 rings (SSSR count). The van der Waals surface area contributed by atoms with Gasteiger partial charge in [0.2, 0.25) is 5.95 Å². The van der Waals surface area contributed by atoms with E-state index < -0.39 is 5.97 Å². The van der Waals surface area contributed by atoms with Gasteiger partial charge in [-0.05, 0) is 19.9 Å². The van der Waals surface area contributed by atoms with Crippen molar-refractivity contribution >= 4 is 18.0 Å². The molecule has 1 aliphatic rings. The summed E-state index contributed by atoms with van der Waals surface area (Å²) in [6.45, 7) is 5.56. The average Bonchev–Trinajstić information content (AvgIpc) is 2.36. The molecule has 0 aliphatic carbocycles. The standard InChI is InChI=1S/C13H17N3O3/c1-9-7-16(8-10(2)19-9)13-14-5-11(6-15-13)3-4-12(17)18/h3-6,9-10H,7-8H2,1-2H3,(H,17,18)/b4-3+. The Morgan fingerprint density at radius 2 is 1.95 bits per heavy atom. The Balaban J connectivity index is 2.07. The van der Waals surface area contributed by atoms with Crippen LogP contribution in [-0.2, 0) is 9.53 Å². The Labute approximate surface area is 111 Å². The molecule has 6 heteroatoms. The second-order valence-corrected chi connectivity index (χ2v) is 4.65. The zero-order valence-corrected chi connectivity index (χ0v) is 11.0. The van der Waals surface area contributed by atoms with E-state index in [-0.39, 0.29) is 12.2 Å². The lowest BCUT2D eigenvalue weighted by atomic mass is 10.2. The van der Waals surface area contributed by atoms with Crippen LogP contribution in [0, 0.1) is 0 Å². The third-order valence-electron chi connectivity index (χ3n) is 2.78. The monoisotopic (exact) mass is 263 g/mol. The minimum Gasteiger partial charge on any atom is -0.478 e. The predicted octanol–water partition coefficient (Wildman–Crippen LogP) is 1.19. The van der Waals surface area contributed by atoms with Crippen LogP contribution in [0.3, 0.4) is 0 Å². The lowest BCUT2D eigenvalue weighted by Crippen LogP contribution is -2.46. The van der Waals surface area contributed by atoms with E-state index in [1.54, 1.807) is 12.4 Å². The van der Waals surface area contributed by atoms with Crippen LogP contribution in [0.2, 0.25) is 0 Å². The summed E-state index contributed by atoms with van der Waals surface area (Å²) in [6.07, 6.45) is 6.07. The van der Waals surface area contributed by atoms with E-state index in [4.69, 9.17) is 9.84 Å². The first-order chi connectivity index (χ1) is 9.04. The van der Waals surface area contributed by atoms with Gasteiger partial charge < -0.3 is 14.7 Å². The van der Waals surface area contributed by atoms with Crippen LogP contribution in [0.25, 0.3) is 6.08 Å². The number of aliphatic carboxylic acids is 1. The lowest BCUT2D eigenvalue weighted by Gasteiger charge is -2.35. The number of nitrogens with zero attached hydrogens (tertiary/aromatic N) is 3. The van der Waals surface area contributed by atoms with Crippen LogP contribution in [-0.4, -0.2) is 46.3 Å². The minimum absolute atomic E-state index is 0.152. The molecule has 1 aliphatic heterocycles. The van der Waals surface area contributed by atoms with Crippen LogP contribution < -0.4 is 4.90 Å². The van der Waals surface area contributed by atoms with Gasteiger partial charge in [-0.25, -0.2) is 14.8 Å². The first-order valence-corrected chi connectivity index (χ1v) is 6.18. The Morgan fingerprint density at radius 3 is 2.47 bits per heavy atom. The van der Waals surface area contributed by atoms with Gasteiger partial charge in [0, 0.05) is 37.1 Å². The van der Waals surface area contributed by atoms with E-state index in [1.165, 1.54) is 6.08 Å². The summed E-state index contributed by atoms with van der Waals surface area (Å²) in [5.74, 6) is -0.339. The van der Waals surface area contributed by atoms with Gasteiger partial charge >= 0.3 is 5.97 Å². The number of hydrogen-bond acceptors (Lipinski definition) is 5. The summed E-state index contributed by atoms with van der Waals surface area (Å²) < 4.78 is 5.65. The number of carboxylic acid groups (broad SMARTS) is 1. The zero-order chi connectivity index (χ0) is 13.8. The molecule has 2 atom stereocenters. The van der Waals surface area contributed by atoms with E-state index in [0.717, 1.165) is 19.2 Å². The van der Waals surface area contributed by atoms with Gasteiger partial charge in [-0.15, -0.1) is 0 Å². The number of anilines is 1. The number of carbonyl (C=O) groups is 1. The molecule has 0 aromatic carbocycles. The molecular formula is C13H17N3O3. The fourth-order valence-electron chi connectivity index (χ4n) is 2.09. The van der Waals surface area contributed by atoms with Crippen LogP contribution in [0.5, 0.6) is 0 Å². The normalized spacial score (nSPS) is 23.8. The van der Waals surface area contributed by atoms with Crippen molar-refractivity contribution in [3.8, 4) is 0 Å². The summed E-state index contributed by atoms with van der Waals surface area (Å²) in [6, 6.07) is 0. The van der Waals surface area contributed by atoms with Crippen molar-refractivity contribution in [2.75, 3.05) is 18.0 Å². The number of rotatable bonds is 3. The first kappa shape index (κ1) is 13.5. The van der Waals surface area contributed by atoms with Crippen LogP contribution in [0.4, 0.5) is 5.95 Å². The fourth-order valence-corrected chi connectivity index (χ4v) is 2.09. The number of carboxylic acids is 1. The summed E-state index contributed by atoms with van der Waals surface area (Å²) in [4.78, 5) is 21.0. The molecule has 1 aromatic heterocycles. The van der Waals surface area contributed by atoms with Crippen molar-refractivity contribution in [1.29, 1.82) is 0 Å². The molecule has 0 spiro atoms. The largest absolute Gasteiger partial charge is 0.478 e. The molecule has 1 aromatic rings. The van der Waals surface area contributed by atoms with Crippen molar-refractivity contribution in [3.63, 3.8) is 0 Å². The summed E-state index contributed by atoms with van der Waals surface area (Å²) in [5, 5.41) is 8.54. The van der Waals surface area contributed by atoms with Gasteiger partial charge in [0.25, 0.3) is 0 Å². The first-order valence-electron chi connectivity index (χ1n) is 6.18. The van der Waals surface area contributed by atoms with Gasteiger partial charge in [-0.3, -0.25) is 0 Å². The maximum absolute atomic E-state index is 10.4. The molecule has 1 saturated heterocycles. The molecule has 1 fully saturated rings. The lowest BCUT2D eigenvalue weighted by molar-refractivity contribution is -0.131. The Hall–Kier alpha value is -1.95. The topological polar surface area (TPSA) is 75.6 Å². The molecule has 0 radical (unpaired) electrons. The van der Waals surface area contributed by atoms with Crippen molar-refractivity contribution < 1.29 is 14.6 Å². The van der Waals surface area contributed by atoms with Gasteiger partial charge in [0.1, 0.15) is 0 Å². The average molecular weight is 263 g/mol. The third-order valence-corrected chi connectivity index (χ3v) is 2.78. The van der Waals surface area contributed by atoms with Crippen LogP contribution in [0.1, 0.15) is 19.4 Å². The highest BCUT2D eigenvalue weighted by molar-refractivity contribution is 5.85. The van der Waals surface area contributed by atoms with E-state index in [1.807, 2.05) is 13.8 Å². The highest BCUT2D eigenvalue weighted by Gasteiger charge is 2.23. The molecular weight excluding hydrogens is 246 g/mol. The summed E-state index contributed by atoms with van der Waals surface area (Å²) in [7, 11) is 0. The number of ether oxygens (including phenoxy) is 1. The van der Waals surface area contributed by atoms with Crippen molar-refractivity contribution in [2.24, 2.45) is 0 Å². The van der Waals surface area contributed by atoms with E-state index in [9.17, 15) is 4.79 Å². The quantitative estimate of drug-likeness (QED) is 0.825. The summed E-state index contributed by atoms with van der Waals surface area (Å²) in [5.41, 5.74) is 0.667. The highest BCUT2D eigenvalue weighted by atomic mass is 16.5. The van der Waals surface area contributed by atoms with E-state index >= 15 is 0 Å². The fraction of sp³-hybridized carbons (Fsp3) is 0.462. The maximum atomic E-state index is 10.4. The van der Waals surface area contributed by atoms with Crippen LogP contribution >= 0.6 is 0 Å². The van der Waals surface area contributed by atoms with Gasteiger partial charge in [-0.1, -0.05) is 0 Å². The van der Waals surface area contributed by atoms with Crippen molar-refractivity contribution in [2.45, 2.75) is 26.1 Å². The second-order valence-electron chi connectivity index (χ2n) is 4.65. The van der Waals surface area contributed by atoms with Crippen molar-refractivity contribution in [3.05, 3.63) is 24.0 Å². The van der Waals surface area contributed by atoms with Crippen molar-refractivity contribution in [1.82, 2.24) is 9.97 Å². The molecule has 2 unspecified atom stereocenters. The number of hydrogen-bond donors (Lipinski definition) is 1. The molecule has 1 N–H and O–H groups in total. The minimum atomic E-state index is -0.986. The Kier molecular flexibility index (Phi) is 4.11. The smallest absolute Gasteiger partial charge is 0.328 e. The number of morpholine rings is 1. The third kappa shape index (κ3) is 3.75. The molecule has 102 valence electrons. The van der Waals surface area contributed by atoms with Crippen LogP contribution in [0.15, 0.2) is 18.5 Å². The molecule has 0 bridgehead atoms. The summed E-state index contributed by atoms with van der Waals surface area (Å²) >= 11 is 0. The zero-order valence-electron chi connectivity index (χ0n) is 11.0. The molecule has 0 amide bonds. The molecule has 0 saturated carbocycles. The Morgan fingerprint density at radius 1 is 1.37 bits per heavy atom.